The maximum Gasteiger partial charge on any atom is 0.0468 e. The van der Waals surface area contributed by atoms with Gasteiger partial charge in [-0.25, -0.2) is 0 Å². The zero-order valence-corrected chi connectivity index (χ0v) is 20.4. The van der Waals surface area contributed by atoms with Crippen LogP contribution in [0.3, 0.4) is 0 Å². The molecule has 0 radical (unpaired) electrons. The number of anilines is 7. The number of nitrogens with zero attached hydrogens (tertiary/aromatic N) is 1. The van der Waals surface area contributed by atoms with Gasteiger partial charge in [0.2, 0.25) is 0 Å². The quantitative estimate of drug-likeness (QED) is 0.240. The Morgan fingerprint density at radius 1 is 0.324 bits per heavy atom. The number of nitrogens with one attached hydrogen (secondary N) is 2. The van der Waals surface area contributed by atoms with Crippen molar-refractivity contribution >= 4 is 50.6 Å². The first-order chi connectivity index (χ1) is 18.3. The second-order valence-electron chi connectivity index (χ2n) is 8.94. The van der Waals surface area contributed by atoms with Gasteiger partial charge in [-0.2, -0.15) is 0 Å². The first-order valence-electron chi connectivity index (χ1n) is 12.5. The van der Waals surface area contributed by atoms with Crippen LogP contribution in [0.1, 0.15) is 0 Å². The van der Waals surface area contributed by atoms with Gasteiger partial charge in [0.15, 0.2) is 0 Å². The van der Waals surface area contributed by atoms with Crippen molar-refractivity contribution in [3.8, 4) is 0 Å². The summed E-state index contributed by atoms with van der Waals surface area (Å²) in [5, 5.41) is 9.41. The van der Waals surface area contributed by atoms with Gasteiger partial charge in [-0.15, -0.1) is 0 Å². The average Bonchev–Trinajstić information content (AvgIpc) is 2.96. The molecule has 0 aliphatic carbocycles. The van der Waals surface area contributed by atoms with Crippen LogP contribution in [0.15, 0.2) is 152 Å². The minimum Gasteiger partial charge on any atom is -0.356 e. The lowest BCUT2D eigenvalue weighted by Crippen LogP contribution is -2.09. The van der Waals surface area contributed by atoms with Gasteiger partial charge in [-0.05, 0) is 95.7 Å². The van der Waals surface area contributed by atoms with Crippen molar-refractivity contribution in [3.63, 3.8) is 0 Å². The van der Waals surface area contributed by atoms with Gasteiger partial charge in [0.25, 0.3) is 0 Å². The van der Waals surface area contributed by atoms with Crippen LogP contribution in [-0.4, -0.2) is 0 Å². The molecule has 6 aromatic carbocycles. The Balaban J connectivity index is 1.24. The molecule has 3 nitrogen and oxygen atoms in total. The predicted molar refractivity (Wildman–Crippen MR) is 158 cm³/mol. The van der Waals surface area contributed by atoms with E-state index in [9.17, 15) is 0 Å². The number of benzene rings is 6. The summed E-state index contributed by atoms with van der Waals surface area (Å²) >= 11 is 0. The summed E-state index contributed by atoms with van der Waals surface area (Å²) in [7, 11) is 0. The van der Waals surface area contributed by atoms with Crippen LogP contribution in [0.25, 0.3) is 10.8 Å². The van der Waals surface area contributed by atoms with Crippen molar-refractivity contribution in [1.82, 2.24) is 0 Å². The van der Waals surface area contributed by atoms with E-state index in [0.717, 1.165) is 39.8 Å². The van der Waals surface area contributed by atoms with E-state index in [0.29, 0.717) is 0 Å². The van der Waals surface area contributed by atoms with Crippen LogP contribution in [0.5, 0.6) is 0 Å². The molecule has 37 heavy (non-hydrogen) atoms. The van der Waals surface area contributed by atoms with Crippen molar-refractivity contribution in [1.29, 1.82) is 0 Å². The summed E-state index contributed by atoms with van der Waals surface area (Å²) in [5.41, 5.74) is 7.58. The molecule has 0 bridgehead atoms. The number of para-hydroxylation sites is 2. The molecule has 0 aromatic heterocycles. The molecule has 6 aromatic rings. The molecule has 0 saturated heterocycles. The highest BCUT2D eigenvalue weighted by Crippen LogP contribution is 2.36. The van der Waals surface area contributed by atoms with Crippen molar-refractivity contribution in [2.75, 3.05) is 15.5 Å². The highest BCUT2D eigenvalue weighted by atomic mass is 15.1. The fraction of sp³-hybridized carbons (Fsp3) is 0. The third-order valence-electron chi connectivity index (χ3n) is 6.37. The van der Waals surface area contributed by atoms with Crippen LogP contribution in [0, 0.1) is 0 Å². The zero-order chi connectivity index (χ0) is 24.9. The van der Waals surface area contributed by atoms with Gasteiger partial charge in [0.1, 0.15) is 0 Å². The zero-order valence-electron chi connectivity index (χ0n) is 20.4. The topological polar surface area (TPSA) is 27.3 Å². The first kappa shape index (κ1) is 22.4. The first-order valence-corrected chi connectivity index (χ1v) is 12.5. The summed E-state index contributed by atoms with van der Waals surface area (Å²) in [6, 6.07) is 52.7. The van der Waals surface area contributed by atoms with Crippen LogP contribution in [0.4, 0.5) is 39.8 Å². The molecule has 178 valence electrons. The predicted octanol–water partition coefficient (Wildman–Crippen LogP) is 9.80. The highest BCUT2D eigenvalue weighted by molar-refractivity contribution is 5.89. The largest absolute Gasteiger partial charge is 0.356 e. The molecule has 0 spiro atoms. The molecule has 2 N–H and O–H groups in total. The Kier molecular flexibility index (Phi) is 6.25. The Bertz CT molecular complexity index is 1590. The molecule has 0 atom stereocenters. The highest BCUT2D eigenvalue weighted by Gasteiger charge is 2.12. The minimum absolute atomic E-state index is 1.04. The molecular weight excluding hydrogens is 450 g/mol. The second kappa shape index (κ2) is 10.3. The maximum absolute atomic E-state index is 3.52. The van der Waals surface area contributed by atoms with Gasteiger partial charge >= 0.3 is 0 Å². The Hall–Kier alpha value is -5.02. The molecule has 0 aliphatic rings. The van der Waals surface area contributed by atoms with Crippen molar-refractivity contribution in [3.05, 3.63) is 152 Å². The lowest BCUT2D eigenvalue weighted by atomic mass is 10.1. The summed E-state index contributed by atoms with van der Waals surface area (Å²) < 4.78 is 0. The number of fused-ring (bicyclic) bond motifs is 1. The fourth-order valence-corrected chi connectivity index (χ4v) is 4.53. The number of hydrogen-bond acceptors (Lipinski definition) is 3. The molecule has 3 heteroatoms. The fourth-order valence-electron chi connectivity index (χ4n) is 4.53. The van der Waals surface area contributed by atoms with Crippen LogP contribution < -0.4 is 15.5 Å². The molecule has 0 aliphatic heterocycles. The SMILES string of the molecule is c1ccc(Nc2ccc(Nc3ccc(N(c4ccccc4)c4ccc5ccccc5c4)cc3)cc2)cc1. The Morgan fingerprint density at radius 2 is 0.757 bits per heavy atom. The van der Waals surface area contributed by atoms with Crippen molar-refractivity contribution < 1.29 is 0 Å². The molecule has 0 saturated carbocycles. The molecular formula is C34H27N3. The van der Waals surface area contributed by atoms with E-state index in [1.807, 2.05) is 18.2 Å². The average molecular weight is 478 g/mol. The van der Waals surface area contributed by atoms with Gasteiger partial charge < -0.3 is 15.5 Å². The molecule has 0 fully saturated rings. The lowest BCUT2D eigenvalue weighted by Gasteiger charge is -2.26. The summed E-state index contributed by atoms with van der Waals surface area (Å²) in [6.07, 6.45) is 0. The molecule has 6 rings (SSSR count). The van der Waals surface area contributed by atoms with Gasteiger partial charge in [0.05, 0.1) is 0 Å². The van der Waals surface area contributed by atoms with Crippen molar-refractivity contribution in [2.24, 2.45) is 0 Å². The Morgan fingerprint density at radius 3 is 1.38 bits per heavy atom. The Labute approximate surface area is 217 Å². The third-order valence-corrected chi connectivity index (χ3v) is 6.37. The van der Waals surface area contributed by atoms with E-state index in [-0.39, 0.29) is 0 Å². The summed E-state index contributed by atoms with van der Waals surface area (Å²) in [6.45, 7) is 0. The third kappa shape index (κ3) is 5.16. The van der Waals surface area contributed by atoms with Crippen molar-refractivity contribution in [2.45, 2.75) is 0 Å². The smallest absolute Gasteiger partial charge is 0.0468 e. The van der Waals surface area contributed by atoms with Gasteiger partial charge in [-0.1, -0.05) is 66.7 Å². The second-order valence-corrected chi connectivity index (χ2v) is 8.94. The minimum atomic E-state index is 1.04. The van der Waals surface area contributed by atoms with Crippen LogP contribution >= 0.6 is 0 Å². The van der Waals surface area contributed by atoms with Crippen LogP contribution in [0.2, 0.25) is 0 Å². The van der Waals surface area contributed by atoms with E-state index in [2.05, 4.69) is 149 Å². The van der Waals surface area contributed by atoms with Gasteiger partial charge in [0, 0.05) is 39.8 Å². The number of hydrogen-bond donors (Lipinski definition) is 2. The monoisotopic (exact) mass is 477 g/mol. The molecule has 0 heterocycles. The van der Waals surface area contributed by atoms with E-state index in [1.54, 1.807) is 0 Å². The van der Waals surface area contributed by atoms with E-state index in [1.165, 1.54) is 10.8 Å². The normalized spacial score (nSPS) is 10.7. The molecule has 0 unspecified atom stereocenters. The lowest BCUT2D eigenvalue weighted by molar-refractivity contribution is 1.29. The van der Waals surface area contributed by atoms with Gasteiger partial charge in [-0.3, -0.25) is 0 Å². The van der Waals surface area contributed by atoms with E-state index < -0.39 is 0 Å². The summed E-state index contributed by atoms with van der Waals surface area (Å²) in [4.78, 5) is 2.29. The van der Waals surface area contributed by atoms with E-state index in [4.69, 9.17) is 0 Å². The maximum atomic E-state index is 3.52. The van der Waals surface area contributed by atoms with E-state index >= 15 is 0 Å². The standard InChI is InChI=1S/C34H27N3/c1-3-11-28(12-4-1)35-29-16-18-30(19-17-29)36-31-20-23-33(24-21-31)37(32-13-5-2-6-14-32)34-22-15-26-9-7-8-10-27(26)25-34/h1-25,35-36H. The number of rotatable bonds is 7. The molecule has 0 amide bonds. The summed E-state index contributed by atoms with van der Waals surface area (Å²) in [5.74, 6) is 0. The van der Waals surface area contributed by atoms with Crippen LogP contribution in [-0.2, 0) is 0 Å².